The normalized spacial score (nSPS) is 14.6. The Hall–Kier alpha value is -3.76. The second-order valence-electron chi connectivity index (χ2n) is 7.24. The van der Waals surface area contributed by atoms with Crippen LogP contribution in [0, 0.1) is 11.3 Å². The molecule has 1 aliphatic rings. The highest BCUT2D eigenvalue weighted by Crippen LogP contribution is 2.25. The second-order valence-corrected chi connectivity index (χ2v) is 7.24. The second kappa shape index (κ2) is 9.01. The van der Waals surface area contributed by atoms with E-state index in [9.17, 15) is 38.2 Å². The van der Waals surface area contributed by atoms with Crippen LogP contribution in [0.1, 0.15) is 33.2 Å². The summed E-state index contributed by atoms with van der Waals surface area (Å²) in [5.74, 6) is -2.82. The standard InChI is InChI=1S/C20H16BF3N2O7/c1-19(9-25,26-17(27)11-2-5-13(6-3-11)33-20(22,23)24)10-31-14-7-4-12-8-32-21(30)16(12)15(14)18(28)29/h2-7,30H,8,10H2,1H3,(H,26,27)(H,28,29). The van der Waals surface area contributed by atoms with Crippen molar-refractivity contribution in [2.75, 3.05) is 6.61 Å². The molecule has 2 aromatic rings. The number of halogens is 3. The van der Waals surface area contributed by atoms with Gasteiger partial charge in [0.05, 0.1) is 12.7 Å². The quantitative estimate of drug-likeness (QED) is 0.526. The third kappa shape index (κ3) is 5.54. The molecule has 172 valence electrons. The number of hydrogen-bond donors (Lipinski definition) is 3. The number of carbonyl (C=O) groups excluding carboxylic acids is 1. The summed E-state index contributed by atoms with van der Waals surface area (Å²) in [5, 5.41) is 31.4. The molecule has 0 radical (unpaired) electrons. The van der Waals surface area contributed by atoms with E-state index in [1.807, 2.05) is 6.07 Å². The van der Waals surface area contributed by atoms with Crippen molar-refractivity contribution in [3.8, 4) is 17.6 Å². The molecule has 0 fully saturated rings. The molecule has 9 nitrogen and oxygen atoms in total. The van der Waals surface area contributed by atoms with E-state index in [-0.39, 0.29) is 28.9 Å². The minimum atomic E-state index is -4.88. The maximum Gasteiger partial charge on any atom is 0.573 e. The summed E-state index contributed by atoms with van der Waals surface area (Å²) < 4.78 is 51.0. The van der Waals surface area contributed by atoms with Crippen molar-refractivity contribution >= 4 is 24.5 Å². The fraction of sp³-hybridized carbons (Fsp3) is 0.250. The highest BCUT2D eigenvalue weighted by molar-refractivity contribution is 6.63. The van der Waals surface area contributed by atoms with Crippen LogP contribution in [0.25, 0.3) is 0 Å². The number of alkyl halides is 3. The maximum atomic E-state index is 12.5. The molecule has 2 aromatic carbocycles. The molecule has 0 aliphatic carbocycles. The van der Waals surface area contributed by atoms with Crippen LogP contribution in [-0.4, -0.2) is 47.6 Å². The van der Waals surface area contributed by atoms with Crippen molar-refractivity contribution in [3.63, 3.8) is 0 Å². The Morgan fingerprint density at radius 2 is 1.91 bits per heavy atom. The van der Waals surface area contributed by atoms with E-state index in [4.69, 9.17) is 9.39 Å². The number of nitriles is 1. The number of hydrogen-bond acceptors (Lipinski definition) is 7. The van der Waals surface area contributed by atoms with Crippen molar-refractivity contribution in [2.45, 2.75) is 25.4 Å². The van der Waals surface area contributed by atoms with Gasteiger partial charge in [0.2, 0.25) is 0 Å². The molecule has 3 N–H and O–H groups in total. The Morgan fingerprint density at radius 1 is 1.24 bits per heavy atom. The zero-order valence-corrected chi connectivity index (χ0v) is 17.0. The van der Waals surface area contributed by atoms with Crippen LogP contribution in [0.5, 0.6) is 11.5 Å². The Balaban J connectivity index is 1.73. The van der Waals surface area contributed by atoms with E-state index in [0.717, 1.165) is 24.3 Å². The highest BCUT2D eigenvalue weighted by Gasteiger charge is 2.36. The number of nitrogens with zero attached hydrogens (tertiary/aromatic N) is 1. The molecule has 33 heavy (non-hydrogen) atoms. The molecule has 0 aromatic heterocycles. The summed E-state index contributed by atoms with van der Waals surface area (Å²) in [7, 11) is -1.44. The van der Waals surface area contributed by atoms with Crippen LogP contribution in [0.15, 0.2) is 36.4 Å². The van der Waals surface area contributed by atoms with E-state index in [2.05, 4.69) is 10.1 Å². The maximum absolute atomic E-state index is 12.5. The van der Waals surface area contributed by atoms with Gasteiger partial charge in [-0.1, -0.05) is 6.07 Å². The van der Waals surface area contributed by atoms with Crippen LogP contribution in [0.3, 0.4) is 0 Å². The third-order valence-corrected chi connectivity index (χ3v) is 4.66. The van der Waals surface area contributed by atoms with Crippen LogP contribution in [-0.2, 0) is 11.3 Å². The summed E-state index contributed by atoms with van der Waals surface area (Å²) in [6, 6.07) is 8.77. The van der Waals surface area contributed by atoms with Crippen molar-refractivity contribution in [2.24, 2.45) is 0 Å². The average molecular weight is 464 g/mol. The molecule has 0 saturated heterocycles. The molecule has 0 bridgehead atoms. The zero-order valence-electron chi connectivity index (χ0n) is 17.0. The fourth-order valence-electron chi connectivity index (χ4n) is 3.09. The van der Waals surface area contributed by atoms with Gasteiger partial charge in [-0.25, -0.2) is 4.79 Å². The van der Waals surface area contributed by atoms with E-state index in [1.54, 1.807) is 0 Å². The van der Waals surface area contributed by atoms with Gasteiger partial charge in [0, 0.05) is 11.0 Å². The number of amides is 1. The number of benzene rings is 2. The molecule has 1 heterocycles. The van der Waals surface area contributed by atoms with E-state index in [1.165, 1.54) is 19.1 Å². The molecule has 1 amide bonds. The van der Waals surface area contributed by atoms with Gasteiger partial charge in [-0.2, -0.15) is 5.26 Å². The van der Waals surface area contributed by atoms with E-state index < -0.39 is 43.3 Å². The molecule has 3 rings (SSSR count). The topological polar surface area (TPSA) is 138 Å². The van der Waals surface area contributed by atoms with Crippen LogP contribution in [0.4, 0.5) is 13.2 Å². The lowest BCUT2D eigenvalue weighted by Gasteiger charge is -2.24. The SMILES string of the molecule is CC(C#N)(COc1ccc2c(c1C(=O)O)B(O)OC2)NC(=O)c1ccc(OC(F)(F)F)cc1. The lowest BCUT2D eigenvalue weighted by Crippen LogP contribution is -2.49. The molecular weight excluding hydrogens is 448 g/mol. The van der Waals surface area contributed by atoms with Gasteiger partial charge in [-0.05, 0) is 42.8 Å². The van der Waals surface area contributed by atoms with Crippen molar-refractivity contribution in [1.82, 2.24) is 5.32 Å². The third-order valence-electron chi connectivity index (χ3n) is 4.66. The molecule has 1 unspecified atom stereocenters. The zero-order chi connectivity index (χ0) is 24.4. The Labute approximate surface area is 185 Å². The number of nitrogens with one attached hydrogen (secondary N) is 1. The summed E-state index contributed by atoms with van der Waals surface area (Å²) in [4.78, 5) is 24.2. The number of fused-ring (bicyclic) bond motifs is 1. The van der Waals surface area contributed by atoms with Gasteiger partial charge >= 0.3 is 19.5 Å². The number of carbonyl (C=O) groups is 2. The van der Waals surface area contributed by atoms with Crippen molar-refractivity contribution in [3.05, 3.63) is 53.1 Å². The number of carboxylic acid groups (broad SMARTS) is 1. The predicted molar refractivity (Wildman–Crippen MR) is 106 cm³/mol. The number of ether oxygens (including phenoxy) is 2. The van der Waals surface area contributed by atoms with Crippen molar-refractivity contribution in [1.29, 1.82) is 5.26 Å². The fourth-order valence-corrected chi connectivity index (χ4v) is 3.09. The predicted octanol–water partition coefficient (Wildman–Crippen LogP) is 1.59. The van der Waals surface area contributed by atoms with Crippen molar-refractivity contribution < 1.29 is 47.0 Å². The lowest BCUT2D eigenvalue weighted by atomic mass is 9.76. The van der Waals surface area contributed by atoms with Crippen LogP contribution in [0.2, 0.25) is 0 Å². The van der Waals surface area contributed by atoms with E-state index >= 15 is 0 Å². The minimum absolute atomic E-state index is 0.0236. The Bertz CT molecular complexity index is 1120. The molecule has 0 spiro atoms. The number of aromatic carboxylic acids is 1. The number of rotatable bonds is 7. The van der Waals surface area contributed by atoms with Gasteiger partial charge in [-0.3, -0.25) is 4.79 Å². The Morgan fingerprint density at radius 3 is 2.48 bits per heavy atom. The summed E-state index contributed by atoms with van der Waals surface area (Å²) in [6.45, 7) is 0.869. The summed E-state index contributed by atoms with van der Waals surface area (Å²) in [6.07, 6.45) is -4.88. The van der Waals surface area contributed by atoms with Gasteiger partial charge in [0.15, 0.2) is 5.54 Å². The minimum Gasteiger partial charge on any atom is -0.489 e. The Kier molecular flexibility index (Phi) is 6.52. The van der Waals surface area contributed by atoms with Crippen LogP contribution < -0.4 is 20.3 Å². The summed E-state index contributed by atoms with van der Waals surface area (Å²) >= 11 is 0. The lowest BCUT2D eigenvalue weighted by molar-refractivity contribution is -0.274. The first-order valence-electron chi connectivity index (χ1n) is 9.33. The monoisotopic (exact) mass is 464 g/mol. The first kappa shape index (κ1) is 23.9. The molecule has 0 saturated carbocycles. The first-order chi connectivity index (χ1) is 15.4. The van der Waals surface area contributed by atoms with E-state index in [0.29, 0.717) is 5.56 Å². The molecule has 1 aliphatic heterocycles. The first-order valence-corrected chi connectivity index (χ1v) is 9.33. The molecule has 13 heteroatoms. The molecular formula is C20H16BF3N2O7. The van der Waals surface area contributed by atoms with Crippen LogP contribution >= 0.6 is 0 Å². The smallest absolute Gasteiger partial charge is 0.489 e. The number of carboxylic acids is 1. The highest BCUT2D eigenvalue weighted by atomic mass is 19.4. The molecule has 1 atom stereocenters. The average Bonchev–Trinajstić information content (AvgIpc) is 3.12. The largest absolute Gasteiger partial charge is 0.573 e. The van der Waals surface area contributed by atoms with Gasteiger partial charge in [0.25, 0.3) is 5.91 Å². The van der Waals surface area contributed by atoms with Gasteiger partial charge in [0.1, 0.15) is 23.7 Å². The van der Waals surface area contributed by atoms with Gasteiger partial charge in [-0.15, -0.1) is 13.2 Å². The summed E-state index contributed by atoms with van der Waals surface area (Å²) in [5.41, 5.74) is -1.49. The van der Waals surface area contributed by atoms with Gasteiger partial charge < -0.3 is 29.6 Å².